The van der Waals surface area contributed by atoms with Crippen LogP contribution in [0, 0.1) is 0 Å². The monoisotopic (exact) mass is 334 g/mol. The Balaban J connectivity index is 1.48. The first-order chi connectivity index (χ1) is 12.4. The largest absolute Gasteiger partial charge is 0.378 e. The third-order valence-electron chi connectivity index (χ3n) is 6.18. The lowest BCUT2D eigenvalue weighted by Crippen LogP contribution is -2.38. The highest BCUT2D eigenvalue weighted by Gasteiger charge is 2.40. The van der Waals surface area contributed by atoms with Crippen LogP contribution in [0.3, 0.4) is 0 Å². The van der Waals surface area contributed by atoms with Crippen LogP contribution in [0.1, 0.15) is 41.5 Å². The van der Waals surface area contributed by atoms with E-state index in [1.807, 2.05) is 0 Å². The molecule has 2 saturated heterocycles. The third kappa shape index (κ3) is 2.76. The van der Waals surface area contributed by atoms with Crippen molar-refractivity contribution in [2.75, 3.05) is 37.7 Å². The number of nitrogens with zero attached hydrogens (tertiary/aromatic N) is 2. The quantitative estimate of drug-likeness (QED) is 0.845. The molecule has 2 bridgehead atoms. The third-order valence-corrected chi connectivity index (χ3v) is 6.18. The summed E-state index contributed by atoms with van der Waals surface area (Å²) in [5, 5.41) is 0. The Labute approximate surface area is 150 Å². The molecule has 0 amide bonds. The minimum Gasteiger partial charge on any atom is -0.378 e. The fraction of sp³-hybridized carbons (Fsp3) is 0.455. The van der Waals surface area contributed by atoms with Gasteiger partial charge < -0.3 is 9.64 Å². The number of likely N-dealkylation sites (tertiary alicyclic amines) is 1. The molecular formula is C22H26N2O. The predicted molar refractivity (Wildman–Crippen MR) is 101 cm³/mol. The number of hydrogen-bond donors (Lipinski definition) is 0. The number of rotatable bonds is 3. The first kappa shape index (κ1) is 15.4. The normalized spacial score (nSPS) is 25.8. The van der Waals surface area contributed by atoms with Crippen molar-refractivity contribution >= 4 is 5.69 Å². The van der Waals surface area contributed by atoms with Gasteiger partial charge in [0.05, 0.1) is 13.2 Å². The zero-order chi connectivity index (χ0) is 16.6. The van der Waals surface area contributed by atoms with E-state index in [-0.39, 0.29) is 0 Å². The summed E-state index contributed by atoms with van der Waals surface area (Å²) in [4.78, 5) is 5.26. The first-order valence-electron chi connectivity index (χ1n) is 9.63. The lowest BCUT2D eigenvalue weighted by atomic mass is 9.95. The molecule has 5 rings (SSSR count). The van der Waals surface area contributed by atoms with Crippen molar-refractivity contribution in [1.82, 2.24) is 4.90 Å². The van der Waals surface area contributed by atoms with Crippen LogP contribution >= 0.6 is 0 Å². The average Bonchev–Trinajstić information content (AvgIpc) is 2.99. The van der Waals surface area contributed by atoms with Crippen LogP contribution in [-0.2, 0) is 11.3 Å². The van der Waals surface area contributed by atoms with Gasteiger partial charge in [0.15, 0.2) is 0 Å². The van der Waals surface area contributed by atoms with Crippen molar-refractivity contribution in [1.29, 1.82) is 0 Å². The Morgan fingerprint density at radius 2 is 1.76 bits per heavy atom. The molecule has 3 heteroatoms. The van der Waals surface area contributed by atoms with Crippen LogP contribution in [0.2, 0.25) is 0 Å². The van der Waals surface area contributed by atoms with Crippen molar-refractivity contribution in [3.63, 3.8) is 0 Å². The molecule has 2 aromatic rings. The van der Waals surface area contributed by atoms with Gasteiger partial charge in [0.2, 0.25) is 0 Å². The lowest BCUT2D eigenvalue weighted by Gasteiger charge is -2.36. The molecule has 2 aromatic carbocycles. The molecule has 3 nitrogen and oxygen atoms in total. The lowest BCUT2D eigenvalue weighted by molar-refractivity contribution is 0.122. The molecule has 2 fully saturated rings. The molecule has 0 aromatic heterocycles. The van der Waals surface area contributed by atoms with Gasteiger partial charge in [0.25, 0.3) is 0 Å². The van der Waals surface area contributed by atoms with Crippen LogP contribution < -0.4 is 4.90 Å². The highest BCUT2D eigenvalue weighted by atomic mass is 16.5. The molecule has 0 saturated carbocycles. The van der Waals surface area contributed by atoms with Gasteiger partial charge in [-0.1, -0.05) is 42.5 Å². The number of ether oxygens (including phenoxy) is 1. The van der Waals surface area contributed by atoms with Gasteiger partial charge in [0, 0.05) is 31.4 Å². The van der Waals surface area contributed by atoms with Gasteiger partial charge in [-0.15, -0.1) is 0 Å². The molecule has 25 heavy (non-hydrogen) atoms. The minimum absolute atomic E-state index is 0.577. The van der Waals surface area contributed by atoms with E-state index in [1.54, 1.807) is 11.1 Å². The number of piperidine rings is 1. The molecule has 0 N–H and O–H groups in total. The van der Waals surface area contributed by atoms with Crippen molar-refractivity contribution in [3.8, 4) is 0 Å². The van der Waals surface area contributed by atoms with Crippen LogP contribution in [0.5, 0.6) is 0 Å². The van der Waals surface area contributed by atoms with Crippen LogP contribution in [0.4, 0.5) is 5.69 Å². The molecule has 130 valence electrons. The van der Waals surface area contributed by atoms with E-state index in [2.05, 4.69) is 58.3 Å². The fourth-order valence-electron chi connectivity index (χ4n) is 4.97. The second-order valence-electron chi connectivity index (χ2n) is 7.57. The van der Waals surface area contributed by atoms with E-state index in [4.69, 9.17) is 4.74 Å². The van der Waals surface area contributed by atoms with E-state index in [0.29, 0.717) is 6.04 Å². The topological polar surface area (TPSA) is 15.7 Å². The van der Waals surface area contributed by atoms with Crippen molar-refractivity contribution in [3.05, 3.63) is 65.2 Å². The Bertz CT molecular complexity index is 739. The van der Waals surface area contributed by atoms with Crippen LogP contribution in [-0.4, -0.2) is 37.7 Å². The Morgan fingerprint density at radius 1 is 0.920 bits per heavy atom. The van der Waals surface area contributed by atoms with Crippen LogP contribution in [0.15, 0.2) is 48.5 Å². The van der Waals surface area contributed by atoms with Crippen molar-refractivity contribution in [2.45, 2.75) is 31.3 Å². The summed E-state index contributed by atoms with van der Waals surface area (Å²) in [5.41, 5.74) is 6.12. The summed E-state index contributed by atoms with van der Waals surface area (Å²) in [6.45, 7) is 6.02. The van der Waals surface area contributed by atoms with Gasteiger partial charge in [-0.3, -0.25) is 4.90 Å². The fourth-order valence-corrected chi connectivity index (χ4v) is 4.97. The van der Waals surface area contributed by atoms with E-state index >= 15 is 0 Å². The number of anilines is 1. The van der Waals surface area contributed by atoms with Crippen molar-refractivity contribution < 1.29 is 4.74 Å². The molecule has 1 unspecified atom stereocenters. The summed E-state index contributed by atoms with van der Waals surface area (Å²) >= 11 is 0. The minimum atomic E-state index is 0.577. The molecule has 2 atom stereocenters. The predicted octanol–water partition coefficient (Wildman–Crippen LogP) is 3.96. The van der Waals surface area contributed by atoms with Gasteiger partial charge >= 0.3 is 0 Å². The van der Waals surface area contributed by atoms with E-state index < -0.39 is 0 Å². The molecular weight excluding hydrogens is 308 g/mol. The maximum absolute atomic E-state index is 5.58. The van der Waals surface area contributed by atoms with Gasteiger partial charge in [0.1, 0.15) is 0 Å². The smallest absolute Gasteiger partial charge is 0.0642 e. The number of fused-ring (bicyclic) bond motifs is 5. The summed E-state index contributed by atoms with van der Waals surface area (Å²) < 4.78 is 5.58. The van der Waals surface area contributed by atoms with Gasteiger partial charge in [-0.25, -0.2) is 0 Å². The maximum Gasteiger partial charge on any atom is 0.0642 e. The second-order valence-corrected chi connectivity index (χ2v) is 7.57. The number of benzene rings is 2. The van der Waals surface area contributed by atoms with Crippen LogP contribution in [0.25, 0.3) is 0 Å². The second kappa shape index (κ2) is 6.47. The Morgan fingerprint density at radius 3 is 2.60 bits per heavy atom. The highest BCUT2D eigenvalue weighted by molar-refractivity contribution is 5.61. The maximum atomic E-state index is 5.58. The van der Waals surface area contributed by atoms with E-state index in [0.717, 1.165) is 38.8 Å². The summed E-state index contributed by atoms with van der Waals surface area (Å²) in [6, 6.07) is 18.5. The molecule has 3 aliphatic rings. The molecule has 0 spiro atoms. The average molecular weight is 334 g/mol. The standard InChI is InChI=1S/C22H26N2O/c1-2-5-17(6-3-1)16-24-10-9-18-15-21(24)22-19(18)7-4-8-20(22)23-11-13-25-14-12-23/h1-8,18,21H,9-16H2/t18?,21-/m1/s1. The molecule has 0 radical (unpaired) electrons. The van der Waals surface area contributed by atoms with Gasteiger partial charge in [-0.05, 0) is 48.1 Å². The number of morpholine rings is 1. The van der Waals surface area contributed by atoms with Gasteiger partial charge in [-0.2, -0.15) is 0 Å². The van der Waals surface area contributed by atoms with E-state index in [9.17, 15) is 0 Å². The van der Waals surface area contributed by atoms with Crippen molar-refractivity contribution in [2.24, 2.45) is 0 Å². The number of hydrogen-bond acceptors (Lipinski definition) is 3. The van der Waals surface area contributed by atoms with E-state index in [1.165, 1.54) is 30.6 Å². The summed E-state index contributed by atoms with van der Waals surface area (Å²) in [6.07, 6.45) is 2.59. The molecule has 2 heterocycles. The molecule has 1 aliphatic carbocycles. The Kier molecular flexibility index (Phi) is 3.99. The first-order valence-corrected chi connectivity index (χ1v) is 9.63. The summed E-state index contributed by atoms with van der Waals surface area (Å²) in [7, 11) is 0. The highest BCUT2D eigenvalue weighted by Crippen LogP contribution is 2.52. The Hall–Kier alpha value is -1.84. The zero-order valence-electron chi connectivity index (χ0n) is 14.7. The molecule has 2 aliphatic heterocycles. The zero-order valence-corrected chi connectivity index (χ0v) is 14.7. The summed E-state index contributed by atoms with van der Waals surface area (Å²) in [5.74, 6) is 0.757. The SMILES string of the molecule is c1ccc(CN2CCC3C[C@@H]2c2c3cccc2N2CCOCC2)cc1.